The molecule has 116 valence electrons. The van der Waals surface area contributed by atoms with E-state index in [1.165, 1.54) is 76.3 Å². The molecule has 1 aromatic heterocycles. The molecule has 0 unspecified atom stereocenters. The highest BCUT2D eigenvalue weighted by Gasteiger charge is 1.96. The predicted molar refractivity (Wildman–Crippen MR) is 89.0 cm³/mol. The molecule has 0 aliphatic heterocycles. The molecule has 0 saturated carbocycles. The Labute approximate surface area is 126 Å². The Bertz CT molecular complexity index is 317. The summed E-state index contributed by atoms with van der Waals surface area (Å²) < 4.78 is 2.33. The van der Waals surface area contributed by atoms with Gasteiger partial charge in [0.1, 0.15) is 0 Å². The molecule has 0 spiro atoms. The van der Waals surface area contributed by atoms with E-state index in [2.05, 4.69) is 35.3 Å². The van der Waals surface area contributed by atoms with Crippen molar-refractivity contribution in [1.82, 2.24) is 9.88 Å². The van der Waals surface area contributed by atoms with Gasteiger partial charge < -0.3 is 9.88 Å². The van der Waals surface area contributed by atoms with Crippen molar-refractivity contribution in [1.29, 1.82) is 0 Å². The van der Waals surface area contributed by atoms with Crippen LogP contribution >= 0.6 is 0 Å². The highest BCUT2D eigenvalue weighted by Crippen LogP contribution is 2.11. The van der Waals surface area contributed by atoms with Gasteiger partial charge in [-0.2, -0.15) is 0 Å². The molecule has 1 heterocycles. The van der Waals surface area contributed by atoms with Crippen LogP contribution in [0.4, 0.5) is 0 Å². The second-order valence-electron chi connectivity index (χ2n) is 5.97. The van der Waals surface area contributed by atoms with Crippen molar-refractivity contribution in [2.75, 3.05) is 7.05 Å². The third kappa shape index (κ3) is 8.42. The van der Waals surface area contributed by atoms with Gasteiger partial charge in [0, 0.05) is 25.5 Å². The van der Waals surface area contributed by atoms with Gasteiger partial charge in [-0.1, -0.05) is 64.7 Å². The van der Waals surface area contributed by atoms with Crippen LogP contribution in [-0.4, -0.2) is 11.6 Å². The molecule has 0 radical (unpaired) electrons. The van der Waals surface area contributed by atoms with E-state index in [0.717, 1.165) is 6.54 Å². The average Bonchev–Trinajstić information content (AvgIpc) is 2.89. The number of nitrogens with zero attached hydrogens (tertiary/aromatic N) is 1. The van der Waals surface area contributed by atoms with E-state index in [4.69, 9.17) is 0 Å². The topological polar surface area (TPSA) is 17.0 Å². The van der Waals surface area contributed by atoms with Crippen LogP contribution in [0, 0.1) is 0 Å². The van der Waals surface area contributed by atoms with E-state index in [-0.39, 0.29) is 0 Å². The Morgan fingerprint density at radius 1 is 0.900 bits per heavy atom. The highest BCUT2D eigenvalue weighted by molar-refractivity contribution is 5.09. The summed E-state index contributed by atoms with van der Waals surface area (Å²) in [5, 5.41) is 3.19. The number of nitrogens with one attached hydrogen (secondary N) is 1. The number of aromatic nitrogens is 1. The summed E-state index contributed by atoms with van der Waals surface area (Å²) in [6.45, 7) is 4.44. The maximum absolute atomic E-state index is 3.19. The number of unbranched alkanes of at least 4 members (excludes halogenated alkanes) is 9. The normalized spacial score (nSPS) is 11.1. The smallest absolute Gasteiger partial charge is 0.0219 e. The number of rotatable bonds is 13. The summed E-state index contributed by atoms with van der Waals surface area (Å²) in [4.78, 5) is 0. The van der Waals surface area contributed by atoms with Crippen molar-refractivity contribution < 1.29 is 0 Å². The van der Waals surface area contributed by atoms with E-state index in [1.807, 2.05) is 7.05 Å². The lowest BCUT2D eigenvalue weighted by atomic mass is 10.1. The van der Waals surface area contributed by atoms with Gasteiger partial charge in [0.15, 0.2) is 0 Å². The van der Waals surface area contributed by atoms with Crippen LogP contribution < -0.4 is 5.32 Å². The average molecular weight is 278 g/mol. The highest BCUT2D eigenvalue weighted by atomic mass is 14.9. The molecule has 0 amide bonds. The molecule has 1 N–H and O–H groups in total. The van der Waals surface area contributed by atoms with Gasteiger partial charge in [0.25, 0.3) is 0 Å². The molecule has 0 aromatic carbocycles. The van der Waals surface area contributed by atoms with Gasteiger partial charge in [0.05, 0.1) is 0 Å². The van der Waals surface area contributed by atoms with E-state index in [1.54, 1.807) is 0 Å². The predicted octanol–water partition coefficient (Wildman–Crippen LogP) is 5.13. The number of aryl methyl sites for hydroxylation is 1. The molecule has 1 aromatic rings. The summed E-state index contributed by atoms with van der Waals surface area (Å²) in [5.74, 6) is 0. The molecule has 0 bridgehead atoms. The van der Waals surface area contributed by atoms with Gasteiger partial charge in [-0.25, -0.2) is 0 Å². The molecule has 0 aliphatic carbocycles. The lowest BCUT2D eigenvalue weighted by Crippen LogP contribution is -2.04. The van der Waals surface area contributed by atoms with Crippen LogP contribution in [0.5, 0.6) is 0 Å². The van der Waals surface area contributed by atoms with Gasteiger partial charge in [-0.05, 0) is 25.1 Å². The SMILES string of the molecule is CCCCCCCCCCCCn1ccc(CNC)c1. The minimum Gasteiger partial charge on any atom is -0.354 e. The minimum absolute atomic E-state index is 0.977. The third-order valence-corrected chi connectivity index (χ3v) is 3.96. The van der Waals surface area contributed by atoms with Gasteiger partial charge in [-0.15, -0.1) is 0 Å². The lowest BCUT2D eigenvalue weighted by Gasteiger charge is -2.04. The summed E-state index contributed by atoms with van der Waals surface area (Å²) in [6.07, 6.45) is 18.6. The fourth-order valence-electron chi connectivity index (χ4n) is 2.72. The molecule has 0 saturated heterocycles. The maximum atomic E-state index is 3.19. The largest absolute Gasteiger partial charge is 0.354 e. The van der Waals surface area contributed by atoms with Crippen molar-refractivity contribution in [3.8, 4) is 0 Å². The molecule has 0 aliphatic rings. The Balaban J connectivity index is 1.89. The Kier molecular flexibility index (Phi) is 10.4. The number of hydrogen-bond donors (Lipinski definition) is 1. The van der Waals surface area contributed by atoms with Crippen molar-refractivity contribution in [3.05, 3.63) is 24.0 Å². The van der Waals surface area contributed by atoms with Crippen LogP contribution in [0.25, 0.3) is 0 Å². The van der Waals surface area contributed by atoms with Crippen molar-refractivity contribution in [2.24, 2.45) is 0 Å². The Hall–Kier alpha value is -0.760. The molecule has 20 heavy (non-hydrogen) atoms. The molecular formula is C18H34N2. The van der Waals surface area contributed by atoms with E-state index >= 15 is 0 Å². The lowest BCUT2D eigenvalue weighted by molar-refractivity contribution is 0.535. The summed E-state index contributed by atoms with van der Waals surface area (Å²) in [5.41, 5.74) is 1.39. The quantitative estimate of drug-likeness (QED) is 0.495. The zero-order chi connectivity index (χ0) is 14.5. The fraction of sp³-hybridized carbons (Fsp3) is 0.778. The molecule has 2 nitrogen and oxygen atoms in total. The third-order valence-electron chi connectivity index (χ3n) is 3.96. The first-order valence-electron chi connectivity index (χ1n) is 8.66. The van der Waals surface area contributed by atoms with Gasteiger partial charge in [-0.3, -0.25) is 0 Å². The molecule has 2 heteroatoms. The summed E-state index contributed by atoms with van der Waals surface area (Å²) >= 11 is 0. The second kappa shape index (κ2) is 12.0. The van der Waals surface area contributed by atoms with Crippen LogP contribution in [-0.2, 0) is 13.1 Å². The van der Waals surface area contributed by atoms with Crippen LogP contribution in [0.15, 0.2) is 18.5 Å². The van der Waals surface area contributed by atoms with Crippen molar-refractivity contribution >= 4 is 0 Å². The van der Waals surface area contributed by atoms with E-state index < -0.39 is 0 Å². The molecule has 0 atom stereocenters. The maximum Gasteiger partial charge on any atom is 0.0219 e. The van der Waals surface area contributed by atoms with E-state index in [0.29, 0.717) is 0 Å². The minimum atomic E-state index is 0.977. The van der Waals surface area contributed by atoms with E-state index in [9.17, 15) is 0 Å². The van der Waals surface area contributed by atoms with Gasteiger partial charge >= 0.3 is 0 Å². The fourth-order valence-corrected chi connectivity index (χ4v) is 2.72. The summed E-state index contributed by atoms with van der Waals surface area (Å²) in [7, 11) is 2.00. The first kappa shape index (κ1) is 17.3. The zero-order valence-corrected chi connectivity index (χ0v) is 13.7. The van der Waals surface area contributed by atoms with Crippen molar-refractivity contribution in [2.45, 2.75) is 84.2 Å². The van der Waals surface area contributed by atoms with Crippen LogP contribution in [0.3, 0.4) is 0 Å². The standard InChI is InChI=1S/C18H34N2/c1-3-4-5-6-7-8-9-10-11-12-14-20-15-13-18(17-20)16-19-2/h13,15,17,19H,3-12,14,16H2,1-2H3. The van der Waals surface area contributed by atoms with Gasteiger partial charge in [0.2, 0.25) is 0 Å². The van der Waals surface area contributed by atoms with Crippen molar-refractivity contribution in [3.63, 3.8) is 0 Å². The molecule has 1 rings (SSSR count). The second-order valence-corrected chi connectivity index (χ2v) is 5.97. The summed E-state index contributed by atoms with van der Waals surface area (Å²) in [6, 6.07) is 2.22. The van der Waals surface area contributed by atoms with Crippen LogP contribution in [0.2, 0.25) is 0 Å². The monoisotopic (exact) mass is 278 g/mol. The molecule has 0 fully saturated rings. The Morgan fingerprint density at radius 2 is 1.50 bits per heavy atom. The van der Waals surface area contributed by atoms with Crippen LogP contribution in [0.1, 0.15) is 76.7 Å². The zero-order valence-electron chi connectivity index (χ0n) is 13.7. The number of hydrogen-bond acceptors (Lipinski definition) is 1. The first-order chi connectivity index (χ1) is 9.86. The Morgan fingerprint density at radius 3 is 2.10 bits per heavy atom. The molecular weight excluding hydrogens is 244 g/mol. The first-order valence-corrected chi connectivity index (χ1v) is 8.66.